The molecule has 5 nitrogen and oxygen atoms in total. The van der Waals surface area contributed by atoms with E-state index in [9.17, 15) is 14.0 Å². The number of carbonyl (C=O) groups excluding carboxylic acids is 2. The number of rotatable bonds is 4. The van der Waals surface area contributed by atoms with Crippen LogP contribution in [0.2, 0.25) is 10.3 Å². The van der Waals surface area contributed by atoms with Crippen LogP contribution in [0.5, 0.6) is 0 Å². The summed E-state index contributed by atoms with van der Waals surface area (Å²) in [4.78, 5) is 28.2. The van der Waals surface area contributed by atoms with E-state index < -0.39 is 22.9 Å². The molecule has 144 valence electrons. The number of hydrogen-bond donors (Lipinski definition) is 2. The molecule has 2 rings (SSSR count). The van der Waals surface area contributed by atoms with Crippen LogP contribution in [0.3, 0.4) is 0 Å². The zero-order valence-corrected chi connectivity index (χ0v) is 16.9. The van der Waals surface area contributed by atoms with Gasteiger partial charge in [0.2, 0.25) is 0 Å². The summed E-state index contributed by atoms with van der Waals surface area (Å²) in [5.41, 5.74) is 2.26. The molecule has 2 N–H and O–H groups in total. The third-order valence-corrected chi connectivity index (χ3v) is 4.52. The van der Waals surface area contributed by atoms with Gasteiger partial charge in [0.25, 0.3) is 5.91 Å². The Morgan fingerprint density at radius 1 is 1.04 bits per heavy atom. The quantitative estimate of drug-likeness (QED) is 0.630. The van der Waals surface area contributed by atoms with Gasteiger partial charge in [-0.3, -0.25) is 10.1 Å². The predicted octanol–water partition coefficient (Wildman–Crippen LogP) is 5.74. The van der Waals surface area contributed by atoms with Crippen LogP contribution in [0.15, 0.2) is 24.3 Å². The number of hydrogen-bond acceptors (Lipinski definition) is 3. The maximum absolute atomic E-state index is 13.6. The molecule has 27 heavy (non-hydrogen) atoms. The number of nitrogens with zero attached hydrogens (tertiary/aromatic N) is 1. The van der Waals surface area contributed by atoms with E-state index in [2.05, 4.69) is 15.6 Å². The van der Waals surface area contributed by atoms with E-state index in [0.29, 0.717) is 5.69 Å². The van der Waals surface area contributed by atoms with E-state index in [1.807, 2.05) is 45.9 Å². The lowest BCUT2D eigenvalue weighted by Crippen LogP contribution is -2.35. The summed E-state index contributed by atoms with van der Waals surface area (Å²) in [7, 11) is 0. The summed E-state index contributed by atoms with van der Waals surface area (Å²) in [6.07, 6.45) is 0. The number of nitrogens with one attached hydrogen (secondary N) is 2. The highest BCUT2D eigenvalue weighted by Crippen LogP contribution is 2.32. The van der Waals surface area contributed by atoms with Crippen LogP contribution in [0, 0.1) is 5.82 Å². The van der Waals surface area contributed by atoms with Gasteiger partial charge in [-0.15, -0.1) is 0 Å². The number of aromatic nitrogens is 1. The SMILES string of the molecule is CC(C)c1cccc(C(C)C)c1NC(=O)NC(=O)c1cc(F)c(Cl)nc1Cl. The lowest BCUT2D eigenvalue weighted by molar-refractivity contribution is 0.0966. The highest BCUT2D eigenvalue weighted by molar-refractivity contribution is 6.35. The second-order valence-corrected chi connectivity index (χ2v) is 7.34. The number of amides is 3. The fourth-order valence-electron chi connectivity index (χ4n) is 2.62. The van der Waals surface area contributed by atoms with Crippen LogP contribution >= 0.6 is 23.2 Å². The van der Waals surface area contributed by atoms with E-state index in [0.717, 1.165) is 17.2 Å². The van der Waals surface area contributed by atoms with Gasteiger partial charge in [0.15, 0.2) is 11.0 Å². The first kappa shape index (κ1) is 21.1. The van der Waals surface area contributed by atoms with Gasteiger partial charge in [-0.1, -0.05) is 69.1 Å². The number of pyridine rings is 1. The van der Waals surface area contributed by atoms with Crippen molar-refractivity contribution in [2.75, 3.05) is 5.32 Å². The minimum absolute atomic E-state index is 0.165. The van der Waals surface area contributed by atoms with Gasteiger partial charge in [-0.05, 0) is 29.0 Å². The second kappa shape index (κ2) is 8.67. The van der Waals surface area contributed by atoms with Crippen LogP contribution in [-0.4, -0.2) is 16.9 Å². The van der Waals surface area contributed by atoms with Crippen LogP contribution in [0.25, 0.3) is 0 Å². The largest absolute Gasteiger partial charge is 0.326 e. The van der Waals surface area contributed by atoms with Crippen molar-refractivity contribution in [3.8, 4) is 0 Å². The molecule has 0 fully saturated rings. The van der Waals surface area contributed by atoms with Crippen LogP contribution in [0.4, 0.5) is 14.9 Å². The first-order chi connectivity index (χ1) is 12.6. The van der Waals surface area contributed by atoms with Crippen molar-refractivity contribution >= 4 is 40.8 Å². The van der Waals surface area contributed by atoms with Gasteiger partial charge in [0.1, 0.15) is 5.15 Å². The smallest absolute Gasteiger partial charge is 0.307 e. The normalized spacial score (nSPS) is 11.0. The average molecular weight is 412 g/mol. The zero-order valence-electron chi connectivity index (χ0n) is 15.4. The van der Waals surface area contributed by atoms with Gasteiger partial charge in [0.05, 0.1) is 5.56 Å². The van der Waals surface area contributed by atoms with Crippen LogP contribution in [0.1, 0.15) is 61.0 Å². The van der Waals surface area contributed by atoms with E-state index in [1.165, 1.54) is 0 Å². The highest BCUT2D eigenvalue weighted by Gasteiger charge is 2.20. The van der Waals surface area contributed by atoms with E-state index in [4.69, 9.17) is 23.2 Å². The molecule has 0 radical (unpaired) electrons. The lowest BCUT2D eigenvalue weighted by atomic mass is 9.93. The standard InChI is InChI=1S/C19H20Cl2FN3O2/c1-9(2)11-6-5-7-12(10(3)4)15(11)23-19(27)25-18(26)13-8-14(22)17(21)24-16(13)20/h5-10H,1-4H3,(H2,23,25,26,27). The molecule has 0 aliphatic heterocycles. The number of carbonyl (C=O) groups is 2. The Morgan fingerprint density at radius 3 is 2.11 bits per heavy atom. The molecule has 0 aliphatic rings. The Morgan fingerprint density at radius 2 is 1.59 bits per heavy atom. The molecule has 0 aliphatic carbocycles. The van der Waals surface area contributed by atoms with Crippen molar-refractivity contribution in [3.63, 3.8) is 0 Å². The maximum Gasteiger partial charge on any atom is 0.326 e. The second-order valence-electron chi connectivity index (χ2n) is 6.63. The van der Waals surface area contributed by atoms with Gasteiger partial charge in [-0.25, -0.2) is 14.2 Å². The predicted molar refractivity (Wildman–Crippen MR) is 105 cm³/mol. The Bertz CT molecular complexity index is 859. The maximum atomic E-state index is 13.6. The monoisotopic (exact) mass is 411 g/mol. The fourth-order valence-corrected chi connectivity index (χ4v) is 3.02. The molecular formula is C19H20Cl2FN3O2. The Hall–Kier alpha value is -2.18. The van der Waals surface area contributed by atoms with Gasteiger partial charge >= 0.3 is 6.03 Å². The number of urea groups is 1. The van der Waals surface area contributed by atoms with Gasteiger partial charge < -0.3 is 5.32 Å². The molecule has 1 aromatic carbocycles. The molecule has 2 aromatic rings. The Labute approximate surface area is 167 Å². The summed E-state index contributed by atoms with van der Waals surface area (Å²) >= 11 is 11.3. The van der Waals surface area contributed by atoms with Gasteiger partial charge in [-0.2, -0.15) is 0 Å². The summed E-state index contributed by atoms with van der Waals surface area (Å²) in [6.45, 7) is 8.04. The first-order valence-electron chi connectivity index (χ1n) is 8.38. The van der Waals surface area contributed by atoms with Crippen molar-refractivity contribution in [2.24, 2.45) is 0 Å². The number of para-hydroxylation sites is 1. The molecule has 1 heterocycles. The van der Waals surface area contributed by atoms with Crippen molar-refractivity contribution in [1.29, 1.82) is 0 Å². The lowest BCUT2D eigenvalue weighted by Gasteiger charge is -2.20. The third kappa shape index (κ3) is 4.96. The molecular weight excluding hydrogens is 392 g/mol. The topological polar surface area (TPSA) is 71.1 Å². The minimum atomic E-state index is -0.904. The van der Waals surface area contributed by atoms with Crippen molar-refractivity contribution in [3.05, 3.63) is 57.1 Å². The van der Waals surface area contributed by atoms with Crippen LogP contribution < -0.4 is 10.6 Å². The Kier molecular flexibility index (Phi) is 6.78. The van der Waals surface area contributed by atoms with Crippen LogP contribution in [-0.2, 0) is 0 Å². The van der Waals surface area contributed by atoms with E-state index >= 15 is 0 Å². The number of imide groups is 1. The number of benzene rings is 1. The molecule has 3 amide bonds. The zero-order chi connectivity index (χ0) is 20.3. The van der Waals surface area contributed by atoms with E-state index in [-0.39, 0.29) is 22.6 Å². The molecule has 8 heteroatoms. The molecule has 1 aromatic heterocycles. The van der Waals surface area contributed by atoms with Crippen molar-refractivity contribution in [2.45, 2.75) is 39.5 Å². The average Bonchev–Trinajstić information content (AvgIpc) is 2.57. The fraction of sp³-hybridized carbons (Fsp3) is 0.316. The molecule has 0 bridgehead atoms. The first-order valence-corrected chi connectivity index (χ1v) is 9.14. The van der Waals surface area contributed by atoms with Gasteiger partial charge in [0, 0.05) is 5.69 Å². The van der Waals surface area contributed by atoms with E-state index in [1.54, 1.807) is 0 Å². The molecule has 0 atom stereocenters. The summed E-state index contributed by atoms with van der Waals surface area (Å²) < 4.78 is 13.6. The Balaban J connectivity index is 2.26. The van der Waals surface area contributed by atoms with Crippen molar-refractivity contribution < 1.29 is 14.0 Å². The summed E-state index contributed by atoms with van der Waals surface area (Å²) in [5.74, 6) is -1.45. The van der Waals surface area contributed by atoms with Crippen molar-refractivity contribution in [1.82, 2.24) is 10.3 Å². The third-order valence-electron chi connectivity index (χ3n) is 3.97. The molecule has 0 saturated carbocycles. The number of anilines is 1. The minimum Gasteiger partial charge on any atom is -0.307 e. The highest BCUT2D eigenvalue weighted by atomic mass is 35.5. The summed E-state index contributed by atoms with van der Waals surface area (Å²) in [6, 6.07) is 5.86. The molecule has 0 spiro atoms. The molecule has 0 saturated heterocycles. The molecule has 0 unspecified atom stereocenters. The number of halogens is 3. The summed E-state index contributed by atoms with van der Waals surface area (Å²) in [5, 5.41) is 4.13.